The van der Waals surface area contributed by atoms with Gasteiger partial charge in [0.05, 0.1) is 22.3 Å². The number of rotatable bonds is 4. The Morgan fingerprint density at radius 1 is 0.324 bits per heavy atom. The number of carboxylic acid groups (broad SMARTS) is 4. The Kier molecular flexibility index (Phi) is 16.8. The van der Waals surface area contributed by atoms with Crippen molar-refractivity contribution in [1.29, 1.82) is 0 Å². The summed E-state index contributed by atoms with van der Waals surface area (Å²) in [6, 6.07) is 33.2. The van der Waals surface area contributed by atoms with Gasteiger partial charge in [-0.2, -0.15) is 0 Å². The number of aromatic carboxylic acids is 4. The van der Waals surface area contributed by atoms with Gasteiger partial charge in [-0.1, -0.05) is 72.8 Å². The standard InChI is InChI=1S/4C7H6O2.Na.H/c4*8-7(9)6-4-2-1-3-5-6;;/h4*1-5H,(H,8,9);;. The van der Waals surface area contributed by atoms with Gasteiger partial charge in [0, 0.05) is 0 Å². The zero-order valence-electron chi connectivity index (χ0n) is 19.0. The summed E-state index contributed by atoms with van der Waals surface area (Å²) in [4.78, 5) is 40.8. The molecule has 0 saturated heterocycles. The predicted octanol–water partition coefficient (Wildman–Crippen LogP) is 4.89. The van der Waals surface area contributed by atoms with Crippen LogP contribution in [0.15, 0.2) is 121 Å². The van der Waals surface area contributed by atoms with Crippen LogP contribution in [-0.2, 0) is 0 Å². The maximum absolute atomic E-state index is 10.2. The number of hydrogen-bond donors (Lipinski definition) is 4. The first-order valence-electron chi connectivity index (χ1n) is 10.4. The average molecular weight is 512 g/mol. The van der Waals surface area contributed by atoms with Crippen LogP contribution >= 0.6 is 0 Å². The molecular formula is C28H25NaO8. The van der Waals surface area contributed by atoms with E-state index in [1.165, 1.54) is 0 Å². The molecule has 0 heterocycles. The van der Waals surface area contributed by atoms with Crippen molar-refractivity contribution in [3.05, 3.63) is 144 Å². The molecule has 0 aliphatic heterocycles. The second-order valence-corrected chi connectivity index (χ2v) is 6.68. The fraction of sp³-hybridized carbons (Fsp3) is 0. The van der Waals surface area contributed by atoms with E-state index in [0.717, 1.165) is 0 Å². The van der Waals surface area contributed by atoms with Crippen LogP contribution in [0.5, 0.6) is 0 Å². The zero-order valence-corrected chi connectivity index (χ0v) is 19.0. The second-order valence-electron chi connectivity index (χ2n) is 6.68. The summed E-state index contributed by atoms with van der Waals surface area (Å²) in [7, 11) is 0. The van der Waals surface area contributed by atoms with Crippen molar-refractivity contribution in [3.63, 3.8) is 0 Å². The second kappa shape index (κ2) is 19.0. The molecule has 9 heteroatoms. The van der Waals surface area contributed by atoms with E-state index in [9.17, 15) is 19.2 Å². The quantitative estimate of drug-likeness (QED) is 0.282. The minimum atomic E-state index is -0.879. The van der Waals surface area contributed by atoms with Gasteiger partial charge in [-0.05, 0) is 48.5 Å². The summed E-state index contributed by atoms with van der Waals surface area (Å²) >= 11 is 0. The summed E-state index contributed by atoms with van der Waals surface area (Å²) in [6.07, 6.45) is 0. The van der Waals surface area contributed by atoms with Gasteiger partial charge in [-0.25, -0.2) is 19.2 Å². The zero-order chi connectivity index (χ0) is 26.8. The molecule has 0 saturated carbocycles. The number of carbonyl (C=O) groups is 4. The summed E-state index contributed by atoms with van der Waals surface area (Å²) in [5.41, 5.74) is 1.32. The molecule has 0 aromatic heterocycles. The van der Waals surface area contributed by atoms with Crippen molar-refractivity contribution in [3.8, 4) is 0 Å². The topological polar surface area (TPSA) is 149 Å². The molecule has 0 radical (unpaired) electrons. The van der Waals surface area contributed by atoms with Crippen LogP contribution in [0.2, 0.25) is 0 Å². The molecule has 0 bridgehead atoms. The normalized spacial score (nSPS) is 8.65. The molecule has 4 N–H and O–H groups in total. The van der Waals surface area contributed by atoms with E-state index >= 15 is 0 Å². The van der Waals surface area contributed by atoms with E-state index in [0.29, 0.717) is 22.3 Å². The van der Waals surface area contributed by atoms with Crippen LogP contribution in [0.1, 0.15) is 41.4 Å². The Hall–Kier alpha value is -4.24. The van der Waals surface area contributed by atoms with Crippen LogP contribution in [0.25, 0.3) is 0 Å². The fourth-order valence-corrected chi connectivity index (χ4v) is 2.32. The number of carboxylic acids is 4. The first-order chi connectivity index (χ1) is 17.2. The average Bonchev–Trinajstić information content (AvgIpc) is 2.92. The van der Waals surface area contributed by atoms with Gasteiger partial charge in [-0.3, -0.25) is 0 Å². The summed E-state index contributed by atoms with van der Waals surface area (Å²) in [5, 5.41) is 33.5. The predicted molar refractivity (Wildman–Crippen MR) is 141 cm³/mol. The Morgan fingerprint density at radius 3 is 0.541 bits per heavy atom. The number of hydrogen-bond acceptors (Lipinski definition) is 4. The van der Waals surface area contributed by atoms with E-state index < -0.39 is 23.9 Å². The Bertz CT molecular complexity index is 1020. The molecule has 4 rings (SSSR count). The molecule has 0 amide bonds. The van der Waals surface area contributed by atoms with Crippen molar-refractivity contribution in [2.75, 3.05) is 0 Å². The van der Waals surface area contributed by atoms with Gasteiger partial charge in [-0.15, -0.1) is 0 Å². The van der Waals surface area contributed by atoms with Crippen molar-refractivity contribution >= 4 is 53.4 Å². The molecule has 0 aliphatic rings. The first kappa shape index (κ1) is 32.8. The molecule has 4 aromatic rings. The van der Waals surface area contributed by atoms with Gasteiger partial charge in [0.15, 0.2) is 0 Å². The third-order valence-electron chi connectivity index (χ3n) is 4.08. The molecule has 37 heavy (non-hydrogen) atoms. The van der Waals surface area contributed by atoms with E-state index in [1.807, 2.05) is 0 Å². The van der Waals surface area contributed by atoms with Gasteiger partial charge >= 0.3 is 53.4 Å². The van der Waals surface area contributed by atoms with Crippen LogP contribution < -0.4 is 0 Å². The van der Waals surface area contributed by atoms with Crippen LogP contribution in [0, 0.1) is 0 Å². The summed E-state index contributed by atoms with van der Waals surface area (Å²) in [5.74, 6) is -3.52. The fourth-order valence-electron chi connectivity index (χ4n) is 2.32. The SMILES string of the molecule is O=C(O)c1ccccc1.O=C(O)c1ccccc1.O=C(O)c1ccccc1.O=C(O)c1ccccc1.[NaH]. The van der Waals surface area contributed by atoms with Crippen molar-refractivity contribution in [2.24, 2.45) is 0 Å². The molecule has 8 nitrogen and oxygen atoms in total. The molecular weight excluding hydrogens is 487 g/mol. The Morgan fingerprint density at radius 2 is 0.459 bits per heavy atom. The molecule has 0 spiro atoms. The van der Waals surface area contributed by atoms with Gasteiger partial charge < -0.3 is 20.4 Å². The van der Waals surface area contributed by atoms with E-state index in [2.05, 4.69) is 0 Å². The van der Waals surface area contributed by atoms with Crippen molar-refractivity contribution < 1.29 is 39.6 Å². The third kappa shape index (κ3) is 14.7. The monoisotopic (exact) mass is 512 g/mol. The molecule has 4 aromatic carbocycles. The minimum absolute atomic E-state index is 0. The first-order valence-corrected chi connectivity index (χ1v) is 10.4. The van der Waals surface area contributed by atoms with Gasteiger partial charge in [0.25, 0.3) is 0 Å². The maximum atomic E-state index is 10.2. The van der Waals surface area contributed by atoms with E-state index in [1.54, 1.807) is 121 Å². The molecule has 0 atom stereocenters. The molecule has 0 unspecified atom stereocenters. The molecule has 0 fully saturated rings. The van der Waals surface area contributed by atoms with E-state index in [-0.39, 0.29) is 29.6 Å². The molecule has 0 aliphatic carbocycles. The van der Waals surface area contributed by atoms with Crippen LogP contribution in [0.3, 0.4) is 0 Å². The summed E-state index contributed by atoms with van der Waals surface area (Å²) in [6.45, 7) is 0. The van der Waals surface area contributed by atoms with Gasteiger partial charge in [0.2, 0.25) is 0 Å². The number of benzene rings is 4. The van der Waals surface area contributed by atoms with Crippen LogP contribution in [-0.4, -0.2) is 73.9 Å². The molecule has 186 valence electrons. The Balaban J connectivity index is 0.000000463. The van der Waals surface area contributed by atoms with Crippen molar-refractivity contribution in [1.82, 2.24) is 0 Å². The van der Waals surface area contributed by atoms with Gasteiger partial charge in [0.1, 0.15) is 0 Å². The summed E-state index contributed by atoms with van der Waals surface area (Å²) < 4.78 is 0. The van der Waals surface area contributed by atoms with Crippen LogP contribution in [0.4, 0.5) is 0 Å². The Labute approximate surface area is 235 Å². The van der Waals surface area contributed by atoms with Crippen molar-refractivity contribution in [2.45, 2.75) is 0 Å². The van der Waals surface area contributed by atoms with E-state index in [4.69, 9.17) is 20.4 Å². The third-order valence-corrected chi connectivity index (χ3v) is 4.08.